The minimum atomic E-state index is 0.258. The van der Waals surface area contributed by atoms with Crippen LogP contribution in [0.3, 0.4) is 0 Å². The van der Waals surface area contributed by atoms with Crippen molar-refractivity contribution in [2.45, 2.75) is 58.9 Å². The van der Waals surface area contributed by atoms with E-state index in [0.29, 0.717) is 11.8 Å². The van der Waals surface area contributed by atoms with Gasteiger partial charge in [-0.05, 0) is 43.7 Å². The number of nitrogens with zero attached hydrogens (tertiary/aromatic N) is 2. The molecule has 4 heteroatoms. The van der Waals surface area contributed by atoms with Gasteiger partial charge < -0.3 is 9.88 Å². The molecule has 3 rings (SSSR count). The molecule has 0 bridgehead atoms. The first-order valence-electron chi connectivity index (χ1n) is 9.37. The Morgan fingerprint density at radius 1 is 1.25 bits per heavy atom. The normalized spacial score (nSPS) is 14.5. The van der Waals surface area contributed by atoms with Gasteiger partial charge in [0.05, 0.1) is 11.0 Å². The van der Waals surface area contributed by atoms with Gasteiger partial charge in [0.15, 0.2) is 0 Å². The van der Waals surface area contributed by atoms with E-state index in [1.165, 1.54) is 11.3 Å². The van der Waals surface area contributed by atoms with Crippen LogP contribution in [0.5, 0.6) is 0 Å². The minimum absolute atomic E-state index is 0.258. The molecule has 0 saturated heterocycles. The van der Waals surface area contributed by atoms with Crippen LogP contribution in [0.15, 0.2) is 24.3 Å². The van der Waals surface area contributed by atoms with Crippen molar-refractivity contribution in [2.24, 2.45) is 11.8 Å². The number of aryl methyl sites for hydroxylation is 1. The largest absolute Gasteiger partial charge is 0.356 e. The van der Waals surface area contributed by atoms with Gasteiger partial charge in [0.25, 0.3) is 0 Å². The predicted octanol–water partition coefficient (Wildman–Crippen LogP) is 3.93. The maximum atomic E-state index is 11.6. The fourth-order valence-electron chi connectivity index (χ4n) is 3.17. The molecule has 2 aromatic rings. The molecule has 0 atom stereocenters. The van der Waals surface area contributed by atoms with Crippen molar-refractivity contribution in [1.29, 1.82) is 0 Å². The molecule has 0 unspecified atom stereocenters. The maximum Gasteiger partial charge on any atom is 0.223 e. The number of hydrogen-bond donors (Lipinski definition) is 1. The molecule has 1 amide bonds. The van der Waals surface area contributed by atoms with Gasteiger partial charge in [-0.3, -0.25) is 4.79 Å². The number of para-hydroxylation sites is 2. The number of carbonyl (C=O) groups excluding carboxylic acids is 1. The lowest BCUT2D eigenvalue weighted by molar-refractivity contribution is -0.122. The smallest absolute Gasteiger partial charge is 0.223 e. The molecule has 130 valence electrons. The summed E-state index contributed by atoms with van der Waals surface area (Å²) in [5.74, 6) is 2.39. The van der Waals surface area contributed by atoms with Crippen LogP contribution < -0.4 is 5.32 Å². The molecule has 1 aromatic heterocycles. The van der Waals surface area contributed by atoms with E-state index in [2.05, 4.69) is 48.0 Å². The average molecular weight is 327 g/mol. The van der Waals surface area contributed by atoms with Crippen molar-refractivity contribution in [3.8, 4) is 0 Å². The van der Waals surface area contributed by atoms with Crippen molar-refractivity contribution in [1.82, 2.24) is 14.9 Å². The number of imidazole rings is 1. The molecule has 24 heavy (non-hydrogen) atoms. The summed E-state index contributed by atoms with van der Waals surface area (Å²) < 4.78 is 2.38. The van der Waals surface area contributed by atoms with Crippen LogP contribution in [0.25, 0.3) is 11.0 Å². The van der Waals surface area contributed by atoms with Crippen LogP contribution in [0.4, 0.5) is 0 Å². The molecule has 4 nitrogen and oxygen atoms in total. The lowest BCUT2D eigenvalue weighted by atomic mass is 10.1. The summed E-state index contributed by atoms with van der Waals surface area (Å²) >= 11 is 0. The molecule has 0 aliphatic heterocycles. The number of aromatic nitrogens is 2. The van der Waals surface area contributed by atoms with Crippen LogP contribution in [0.2, 0.25) is 0 Å². The standard InChI is InChI=1S/C20H29N3O/c1-15(2)14-23-18-9-6-5-8-17(18)22-19(23)10-4-3-7-13-21-20(24)16-11-12-16/h5-6,8-9,15-16H,3-4,7,10-14H2,1-2H3,(H,21,24). The molecule has 1 aliphatic rings. The van der Waals surface area contributed by atoms with Crippen molar-refractivity contribution in [3.63, 3.8) is 0 Å². The Hall–Kier alpha value is -1.84. The summed E-state index contributed by atoms with van der Waals surface area (Å²) in [6.07, 6.45) is 6.49. The average Bonchev–Trinajstić information content (AvgIpc) is 3.35. The predicted molar refractivity (Wildman–Crippen MR) is 97.9 cm³/mol. The van der Waals surface area contributed by atoms with E-state index in [0.717, 1.165) is 57.1 Å². The molecule has 1 aromatic carbocycles. The topological polar surface area (TPSA) is 46.9 Å². The number of carbonyl (C=O) groups is 1. The highest BCUT2D eigenvalue weighted by Crippen LogP contribution is 2.28. The van der Waals surface area contributed by atoms with Crippen LogP contribution >= 0.6 is 0 Å². The number of unbranched alkanes of at least 4 members (excludes halogenated alkanes) is 2. The Bertz CT molecular complexity index is 685. The summed E-state index contributed by atoms with van der Waals surface area (Å²) in [5, 5.41) is 3.04. The van der Waals surface area contributed by atoms with Crippen LogP contribution in [0, 0.1) is 11.8 Å². The zero-order valence-electron chi connectivity index (χ0n) is 14.9. The number of nitrogens with one attached hydrogen (secondary N) is 1. The Balaban J connectivity index is 1.49. The van der Waals surface area contributed by atoms with E-state index in [-0.39, 0.29) is 5.91 Å². The van der Waals surface area contributed by atoms with Crippen molar-refractivity contribution in [3.05, 3.63) is 30.1 Å². The Kier molecular flexibility index (Phi) is 5.54. The molecule has 0 radical (unpaired) electrons. The molecule has 1 saturated carbocycles. The molecule has 1 aliphatic carbocycles. The molecular weight excluding hydrogens is 298 g/mol. The fourth-order valence-corrected chi connectivity index (χ4v) is 3.17. The van der Waals surface area contributed by atoms with E-state index < -0.39 is 0 Å². The number of hydrogen-bond acceptors (Lipinski definition) is 2. The van der Waals surface area contributed by atoms with E-state index in [4.69, 9.17) is 4.98 Å². The first kappa shape index (κ1) is 17.0. The van der Waals surface area contributed by atoms with Gasteiger partial charge in [0.1, 0.15) is 5.82 Å². The third kappa shape index (κ3) is 4.37. The van der Waals surface area contributed by atoms with E-state index in [1.807, 2.05) is 0 Å². The van der Waals surface area contributed by atoms with Crippen molar-refractivity contribution in [2.75, 3.05) is 6.54 Å². The van der Waals surface area contributed by atoms with E-state index >= 15 is 0 Å². The first-order chi connectivity index (χ1) is 11.6. The summed E-state index contributed by atoms with van der Waals surface area (Å²) in [7, 11) is 0. The van der Waals surface area contributed by atoms with Gasteiger partial charge >= 0.3 is 0 Å². The Morgan fingerprint density at radius 3 is 2.79 bits per heavy atom. The molecule has 1 fully saturated rings. The highest BCUT2D eigenvalue weighted by atomic mass is 16.2. The zero-order chi connectivity index (χ0) is 16.9. The summed E-state index contributed by atoms with van der Waals surface area (Å²) in [4.78, 5) is 16.4. The highest BCUT2D eigenvalue weighted by molar-refractivity contribution is 5.80. The van der Waals surface area contributed by atoms with E-state index in [9.17, 15) is 4.79 Å². The van der Waals surface area contributed by atoms with E-state index in [1.54, 1.807) is 0 Å². The number of amides is 1. The molecule has 0 spiro atoms. The Morgan fingerprint density at radius 2 is 2.04 bits per heavy atom. The SMILES string of the molecule is CC(C)Cn1c(CCCCCNC(=O)C2CC2)nc2ccccc21. The minimum Gasteiger partial charge on any atom is -0.356 e. The second-order valence-electron chi connectivity index (χ2n) is 7.40. The van der Waals surface area contributed by atoms with Gasteiger partial charge in [-0.1, -0.05) is 32.4 Å². The van der Waals surface area contributed by atoms with Crippen LogP contribution in [0.1, 0.15) is 51.8 Å². The quantitative estimate of drug-likeness (QED) is 0.709. The fraction of sp³-hybridized carbons (Fsp3) is 0.600. The monoisotopic (exact) mass is 327 g/mol. The van der Waals surface area contributed by atoms with Crippen LogP contribution in [-0.4, -0.2) is 22.0 Å². The molecular formula is C20H29N3O. The van der Waals surface area contributed by atoms with Gasteiger partial charge in [0, 0.05) is 25.4 Å². The van der Waals surface area contributed by atoms with Crippen molar-refractivity contribution < 1.29 is 4.79 Å². The molecule has 1 N–H and O–H groups in total. The first-order valence-corrected chi connectivity index (χ1v) is 9.37. The van der Waals surface area contributed by atoms with Crippen molar-refractivity contribution >= 4 is 16.9 Å². The second-order valence-corrected chi connectivity index (χ2v) is 7.40. The number of benzene rings is 1. The number of fused-ring (bicyclic) bond motifs is 1. The summed E-state index contributed by atoms with van der Waals surface area (Å²) in [6, 6.07) is 8.42. The lowest BCUT2D eigenvalue weighted by Gasteiger charge is -2.11. The maximum absolute atomic E-state index is 11.6. The van der Waals surface area contributed by atoms with Gasteiger partial charge in [-0.15, -0.1) is 0 Å². The van der Waals surface area contributed by atoms with Gasteiger partial charge in [0.2, 0.25) is 5.91 Å². The number of rotatable bonds is 9. The second kappa shape index (κ2) is 7.82. The third-order valence-electron chi connectivity index (χ3n) is 4.61. The van der Waals surface area contributed by atoms with Gasteiger partial charge in [-0.2, -0.15) is 0 Å². The summed E-state index contributed by atoms with van der Waals surface area (Å²) in [6.45, 7) is 6.34. The van der Waals surface area contributed by atoms with Crippen LogP contribution in [-0.2, 0) is 17.8 Å². The van der Waals surface area contributed by atoms with Gasteiger partial charge in [-0.25, -0.2) is 4.98 Å². The lowest BCUT2D eigenvalue weighted by Crippen LogP contribution is -2.25. The zero-order valence-corrected chi connectivity index (χ0v) is 14.9. The highest BCUT2D eigenvalue weighted by Gasteiger charge is 2.28. The summed E-state index contributed by atoms with van der Waals surface area (Å²) in [5.41, 5.74) is 2.35. The third-order valence-corrected chi connectivity index (χ3v) is 4.61. The molecule has 1 heterocycles. The Labute approximate surface area is 144 Å².